The van der Waals surface area contributed by atoms with E-state index in [1.807, 2.05) is 49.5 Å². The molecule has 0 aliphatic carbocycles. The minimum atomic E-state index is -4.44. The average Bonchev–Trinajstić information content (AvgIpc) is 3.40. The number of nitrogens with one attached hydrogen (secondary N) is 1. The van der Waals surface area contributed by atoms with Gasteiger partial charge in [0.15, 0.2) is 0 Å². The van der Waals surface area contributed by atoms with Gasteiger partial charge in [-0.05, 0) is 59.9 Å². The van der Waals surface area contributed by atoms with Crippen molar-refractivity contribution in [3.63, 3.8) is 0 Å². The second-order valence-electron chi connectivity index (χ2n) is 10.3. The van der Waals surface area contributed by atoms with Crippen molar-refractivity contribution in [3.8, 4) is 5.75 Å². The lowest BCUT2D eigenvalue weighted by atomic mass is 10.1. The predicted molar refractivity (Wildman–Crippen MR) is 157 cm³/mol. The topological polar surface area (TPSA) is 65.6 Å². The lowest BCUT2D eigenvalue weighted by molar-refractivity contribution is -0.140. The maximum Gasteiger partial charge on any atom is 0.416 e. The summed E-state index contributed by atoms with van der Waals surface area (Å²) in [6, 6.07) is 20.0. The summed E-state index contributed by atoms with van der Waals surface area (Å²) in [5.41, 5.74) is 2.69. The fourth-order valence-electron chi connectivity index (χ4n) is 4.84. The summed E-state index contributed by atoms with van der Waals surface area (Å²) in [6.45, 7) is 2.83. The van der Waals surface area contributed by atoms with Crippen LogP contribution in [-0.2, 0) is 35.2 Å². The third-order valence-corrected chi connectivity index (χ3v) is 7.31. The van der Waals surface area contributed by atoms with Gasteiger partial charge in [0, 0.05) is 36.7 Å². The fraction of sp³-hybridized carbons (Fsp3) is 0.333. The number of alkyl halides is 3. The summed E-state index contributed by atoms with van der Waals surface area (Å²) >= 11 is 0. The highest BCUT2D eigenvalue weighted by molar-refractivity contribution is 5.86. The minimum absolute atomic E-state index is 0.108. The quantitative estimate of drug-likeness (QED) is 0.193. The van der Waals surface area contributed by atoms with Gasteiger partial charge in [-0.25, -0.2) is 0 Å². The normalized spacial score (nSPS) is 11.5. The van der Waals surface area contributed by atoms with Crippen LogP contribution in [0.2, 0.25) is 0 Å². The Morgan fingerprint density at radius 3 is 2.21 bits per heavy atom. The molecule has 0 bridgehead atoms. The Morgan fingerprint density at radius 2 is 1.55 bits per heavy atom. The van der Waals surface area contributed by atoms with Crippen molar-refractivity contribution in [3.05, 3.63) is 101 Å². The Hall–Kier alpha value is -4.27. The lowest BCUT2D eigenvalue weighted by Crippen LogP contribution is -2.44. The van der Waals surface area contributed by atoms with Crippen molar-refractivity contribution < 1.29 is 27.5 Å². The smallest absolute Gasteiger partial charge is 0.416 e. The van der Waals surface area contributed by atoms with E-state index in [-0.39, 0.29) is 31.3 Å². The fourth-order valence-corrected chi connectivity index (χ4v) is 4.84. The summed E-state index contributed by atoms with van der Waals surface area (Å²) in [4.78, 5) is 33.5. The van der Waals surface area contributed by atoms with Crippen LogP contribution in [0.4, 0.5) is 13.2 Å². The largest absolute Gasteiger partial charge is 0.497 e. The summed E-state index contributed by atoms with van der Waals surface area (Å²) in [5.74, 6) is 0.278. The van der Waals surface area contributed by atoms with Crippen LogP contribution in [0.5, 0.6) is 5.75 Å². The van der Waals surface area contributed by atoms with E-state index < -0.39 is 11.7 Å². The van der Waals surface area contributed by atoms with Gasteiger partial charge in [0.05, 0.1) is 25.6 Å². The summed E-state index contributed by atoms with van der Waals surface area (Å²) in [6.07, 6.45) is -0.225. The zero-order chi connectivity index (χ0) is 30.1. The van der Waals surface area contributed by atoms with E-state index in [9.17, 15) is 22.8 Å². The SMILES string of the molecule is CCCCN(CC(=O)N(CCc1c[nH]c2ccccc12)Cc1ccc(C(F)(F)F)cc1)C(=O)Cc1ccc(OC)cc1. The molecule has 0 saturated carbocycles. The molecule has 222 valence electrons. The molecule has 1 aromatic heterocycles. The molecule has 0 saturated heterocycles. The molecule has 2 amide bonds. The first-order valence-electron chi connectivity index (χ1n) is 14.1. The van der Waals surface area contributed by atoms with E-state index in [0.717, 1.165) is 47.0 Å². The third kappa shape index (κ3) is 8.15. The number of hydrogen-bond donors (Lipinski definition) is 1. The van der Waals surface area contributed by atoms with Crippen LogP contribution in [-0.4, -0.2) is 53.3 Å². The molecule has 3 aromatic carbocycles. The van der Waals surface area contributed by atoms with E-state index >= 15 is 0 Å². The number of rotatable bonds is 13. The molecular formula is C33H36F3N3O3. The highest BCUT2D eigenvalue weighted by Crippen LogP contribution is 2.29. The summed E-state index contributed by atoms with van der Waals surface area (Å²) < 4.78 is 44.6. The van der Waals surface area contributed by atoms with Crippen molar-refractivity contribution >= 4 is 22.7 Å². The van der Waals surface area contributed by atoms with Gasteiger partial charge in [-0.1, -0.05) is 55.8 Å². The maximum atomic E-state index is 13.7. The molecular weight excluding hydrogens is 543 g/mol. The van der Waals surface area contributed by atoms with Crippen molar-refractivity contribution in [2.75, 3.05) is 26.7 Å². The van der Waals surface area contributed by atoms with Crippen LogP contribution in [0.15, 0.2) is 79.0 Å². The molecule has 0 spiro atoms. The van der Waals surface area contributed by atoms with E-state index in [2.05, 4.69) is 4.98 Å². The number of nitrogens with zero attached hydrogens (tertiary/aromatic N) is 2. The average molecular weight is 580 g/mol. The predicted octanol–water partition coefficient (Wildman–Crippen LogP) is 6.64. The Balaban J connectivity index is 1.52. The van der Waals surface area contributed by atoms with Crippen LogP contribution in [0.25, 0.3) is 10.9 Å². The number of carbonyl (C=O) groups excluding carboxylic acids is 2. The maximum absolute atomic E-state index is 13.7. The first-order valence-corrected chi connectivity index (χ1v) is 14.1. The Bertz CT molecular complexity index is 1460. The number of ether oxygens (including phenoxy) is 1. The first kappa shape index (κ1) is 30.7. The van der Waals surface area contributed by atoms with Crippen LogP contribution in [0.3, 0.4) is 0 Å². The van der Waals surface area contributed by atoms with Gasteiger partial charge in [-0.2, -0.15) is 13.2 Å². The molecule has 4 rings (SSSR count). The second kappa shape index (κ2) is 14.1. The molecule has 42 heavy (non-hydrogen) atoms. The van der Waals surface area contributed by atoms with Crippen LogP contribution < -0.4 is 4.74 Å². The van der Waals surface area contributed by atoms with Gasteiger partial charge in [-0.3, -0.25) is 9.59 Å². The molecule has 1 heterocycles. The number of aromatic amines is 1. The van der Waals surface area contributed by atoms with E-state index in [1.165, 1.54) is 12.1 Å². The van der Waals surface area contributed by atoms with Gasteiger partial charge in [0.25, 0.3) is 0 Å². The number of aromatic nitrogens is 1. The number of amides is 2. The number of fused-ring (bicyclic) bond motifs is 1. The van der Waals surface area contributed by atoms with Crippen LogP contribution in [0, 0.1) is 0 Å². The second-order valence-corrected chi connectivity index (χ2v) is 10.3. The molecule has 0 unspecified atom stereocenters. The number of halogens is 3. The number of unbranched alkanes of at least 4 members (excludes halogenated alkanes) is 1. The molecule has 0 fully saturated rings. The van der Waals surface area contributed by atoms with E-state index in [4.69, 9.17) is 4.74 Å². The van der Waals surface area contributed by atoms with Gasteiger partial charge in [0.2, 0.25) is 11.8 Å². The van der Waals surface area contributed by atoms with Crippen LogP contribution >= 0.6 is 0 Å². The Kier molecular flexibility index (Phi) is 10.3. The minimum Gasteiger partial charge on any atom is -0.497 e. The molecule has 0 aliphatic rings. The van der Waals surface area contributed by atoms with Gasteiger partial charge >= 0.3 is 6.18 Å². The van der Waals surface area contributed by atoms with Crippen molar-refractivity contribution in [1.29, 1.82) is 0 Å². The Morgan fingerprint density at radius 1 is 0.857 bits per heavy atom. The molecule has 9 heteroatoms. The van der Waals surface area contributed by atoms with Gasteiger partial charge in [-0.15, -0.1) is 0 Å². The van der Waals surface area contributed by atoms with Crippen molar-refractivity contribution in [2.45, 2.75) is 45.3 Å². The number of H-pyrrole nitrogens is 1. The van der Waals surface area contributed by atoms with E-state index in [1.54, 1.807) is 29.0 Å². The zero-order valence-corrected chi connectivity index (χ0v) is 23.9. The van der Waals surface area contributed by atoms with E-state index in [0.29, 0.717) is 30.8 Å². The summed E-state index contributed by atoms with van der Waals surface area (Å²) in [5, 5.41) is 1.05. The van der Waals surface area contributed by atoms with Crippen LogP contribution in [0.1, 0.15) is 42.0 Å². The molecule has 0 aliphatic heterocycles. The summed E-state index contributed by atoms with van der Waals surface area (Å²) in [7, 11) is 1.58. The number of hydrogen-bond acceptors (Lipinski definition) is 3. The zero-order valence-electron chi connectivity index (χ0n) is 23.9. The van der Waals surface area contributed by atoms with Gasteiger partial charge in [0.1, 0.15) is 5.75 Å². The molecule has 1 N–H and O–H groups in total. The number of para-hydroxylation sites is 1. The van der Waals surface area contributed by atoms with Crippen molar-refractivity contribution in [1.82, 2.24) is 14.8 Å². The monoisotopic (exact) mass is 579 g/mol. The highest BCUT2D eigenvalue weighted by Gasteiger charge is 2.30. The molecule has 4 aromatic rings. The molecule has 6 nitrogen and oxygen atoms in total. The number of methoxy groups -OCH3 is 1. The van der Waals surface area contributed by atoms with Gasteiger partial charge < -0.3 is 19.5 Å². The van der Waals surface area contributed by atoms with Crippen molar-refractivity contribution in [2.24, 2.45) is 0 Å². The number of benzene rings is 3. The lowest BCUT2D eigenvalue weighted by Gasteiger charge is -2.28. The highest BCUT2D eigenvalue weighted by atomic mass is 19.4. The first-order chi connectivity index (χ1) is 20.2. The Labute approximate surface area is 244 Å². The third-order valence-electron chi connectivity index (χ3n) is 7.31. The molecule has 0 radical (unpaired) electrons. The molecule has 0 atom stereocenters. The number of carbonyl (C=O) groups is 2. The standard InChI is InChI=1S/C33H36F3N3O3/c1-3-4-18-38(31(40)20-24-11-15-28(42-2)16-12-24)23-32(41)39(22-25-9-13-27(14-10-25)33(34,35)36)19-17-26-21-37-30-8-6-5-7-29(26)30/h5-16,21,37H,3-4,17-20,22-23H2,1-2H3.